The van der Waals surface area contributed by atoms with Gasteiger partial charge in [0.25, 0.3) is 5.89 Å². The molecule has 2 rings (SSSR count). The van der Waals surface area contributed by atoms with E-state index in [1.54, 1.807) is 0 Å². The minimum atomic E-state index is 0.431. The molecule has 0 fully saturated rings. The van der Waals surface area contributed by atoms with Crippen LogP contribution in [0.15, 0.2) is 28.8 Å². The molecule has 0 aliphatic carbocycles. The van der Waals surface area contributed by atoms with Gasteiger partial charge in [-0.1, -0.05) is 30.6 Å². The van der Waals surface area contributed by atoms with Crippen LogP contribution in [0, 0.1) is 6.92 Å². The van der Waals surface area contributed by atoms with Gasteiger partial charge in [-0.05, 0) is 32.4 Å². The number of hydrogen-bond acceptors (Lipinski definition) is 4. The third-order valence-electron chi connectivity index (χ3n) is 2.81. The highest BCUT2D eigenvalue weighted by atomic mass is 16.5. The lowest BCUT2D eigenvalue weighted by Gasteiger charge is -2.16. The summed E-state index contributed by atoms with van der Waals surface area (Å²) in [6.07, 6.45) is 2.30. The van der Waals surface area contributed by atoms with Crippen molar-refractivity contribution in [2.45, 2.75) is 39.7 Å². The van der Waals surface area contributed by atoms with E-state index >= 15 is 0 Å². The lowest BCUT2D eigenvalue weighted by Crippen LogP contribution is -2.15. The zero-order valence-corrected chi connectivity index (χ0v) is 11.1. The Morgan fingerprint density at radius 1 is 1.33 bits per heavy atom. The van der Waals surface area contributed by atoms with Crippen LogP contribution in [0.25, 0.3) is 11.5 Å². The molecule has 1 unspecified atom stereocenters. The van der Waals surface area contributed by atoms with Crippen LogP contribution in [0.2, 0.25) is 0 Å². The third-order valence-corrected chi connectivity index (χ3v) is 2.81. The van der Waals surface area contributed by atoms with Gasteiger partial charge in [0.2, 0.25) is 0 Å². The predicted octanol–water partition coefficient (Wildman–Crippen LogP) is 3.65. The van der Waals surface area contributed by atoms with Gasteiger partial charge in [-0.2, -0.15) is 4.98 Å². The van der Waals surface area contributed by atoms with Crippen molar-refractivity contribution in [1.82, 2.24) is 10.1 Å². The number of anilines is 1. The second-order valence-electron chi connectivity index (χ2n) is 4.53. The van der Waals surface area contributed by atoms with Crippen LogP contribution in [-0.4, -0.2) is 16.2 Å². The molecule has 1 aromatic heterocycles. The van der Waals surface area contributed by atoms with Crippen molar-refractivity contribution in [3.05, 3.63) is 30.1 Å². The summed E-state index contributed by atoms with van der Waals surface area (Å²) in [6, 6.07) is 8.45. The highest BCUT2D eigenvalue weighted by molar-refractivity contribution is 5.72. The van der Waals surface area contributed by atoms with Crippen molar-refractivity contribution in [3.63, 3.8) is 0 Å². The van der Waals surface area contributed by atoms with Crippen LogP contribution >= 0.6 is 0 Å². The Hall–Kier alpha value is -1.84. The fourth-order valence-electron chi connectivity index (χ4n) is 1.97. The van der Waals surface area contributed by atoms with E-state index in [1.807, 2.05) is 31.2 Å². The van der Waals surface area contributed by atoms with Crippen LogP contribution in [0.5, 0.6) is 0 Å². The van der Waals surface area contributed by atoms with E-state index in [1.165, 1.54) is 0 Å². The van der Waals surface area contributed by atoms with Gasteiger partial charge in [-0.15, -0.1) is 0 Å². The standard InChI is InChI=1S/C14H19N3O/c1-4-7-10(2)15-13-9-6-5-8-12(13)14-16-11(3)17-18-14/h5-6,8-10,15H,4,7H2,1-3H3. The predicted molar refractivity (Wildman–Crippen MR) is 72.5 cm³/mol. The maximum absolute atomic E-state index is 5.23. The molecule has 1 N–H and O–H groups in total. The van der Waals surface area contributed by atoms with E-state index in [0.717, 1.165) is 24.1 Å². The number of nitrogens with one attached hydrogen (secondary N) is 1. The first-order valence-corrected chi connectivity index (χ1v) is 6.37. The first kappa shape index (κ1) is 12.6. The molecule has 1 atom stereocenters. The van der Waals surface area contributed by atoms with Crippen molar-refractivity contribution in [2.75, 3.05) is 5.32 Å². The van der Waals surface area contributed by atoms with Crippen LogP contribution in [0.3, 0.4) is 0 Å². The van der Waals surface area contributed by atoms with Crippen molar-refractivity contribution in [2.24, 2.45) is 0 Å². The fraction of sp³-hybridized carbons (Fsp3) is 0.429. The molecule has 4 heteroatoms. The molecule has 0 saturated carbocycles. The van der Waals surface area contributed by atoms with E-state index in [-0.39, 0.29) is 0 Å². The quantitative estimate of drug-likeness (QED) is 0.873. The summed E-state index contributed by atoms with van der Waals surface area (Å²) in [5, 5.41) is 7.33. The Morgan fingerprint density at radius 3 is 2.78 bits per heavy atom. The second-order valence-corrected chi connectivity index (χ2v) is 4.53. The number of para-hydroxylation sites is 1. The Labute approximate surface area is 107 Å². The molecule has 2 aromatic rings. The van der Waals surface area contributed by atoms with Gasteiger partial charge in [0.1, 0.15) is 0 Å². The minimum Gasteiger partial charge on any atom is -0.382 e. The van der Waals surface area contributed by atoms with Crippen LogP contribution in [0.1, 0.15) is 32.5 Å². The van der Waals surface area contributed by atoms with Crippen LogP contribution in [0.4, 0.5) is 5.69 Å². The fourth-order valence-corrected chi connectivity index (χ4v) is 1.97. The molecule has 0 aliphatic heterocycles. The topological polar surface area (TPSA) is 51.0 Å². The maximum Gasteiger partial charge on any atom is 0.260 e. The summed E-state index contributed by atoms with van der Waals surface area (Å²) in [5.41, 5.74) is 2.00. The highest BCUT2D eigenvalue weighted by Gasteiger charge is 2.12. The summed E-state index contributed by atoms with van der Waals surface area (Å²) in [5.74, 6) is 1.22. The molecule has 0 radical (unpaired) electrons. The van der Waals surface area contributed by atoms with Gasteiger partial charge < -0.3 is 9.84 Å². The third kappa shape index (κ3) is 2.88. The number of aryl methyl sites for hydroxylation is 1. The zero-order chi connectivity index (χ0) is 13.0. The smallest absolute Gasteiger partial charge is 0.260 e. The van der Waals surface area contributed by atoms with Crippen LogP contribution in [-0.2, 0) is 0 Å². The van der Waals surface area contributed by atoms with Crippen molar-refractivity contribution < 1.29 is 4.52 Å². The van der Waals surface area contributed by atoms with Gasteiger partial charge in [0.15, 0.2) is 5.82 Å². The van der Waals surface area contributed by atoms with E-state index < -0.39 is 0 Å². The summed E-state index contributed by atoms with van der Waals surface area (Å²) >= 11 is 0. The Balaban J connectivity index is 2.25. The molecule has 0 saturated heterocycles. The summed E-state index contributed by atoms with van der Waals surface area (Å²) in [7, 11) is 0. The zero-order valence-electron chi connectivity index (χ0n) is 11.1. The monoisotopic (exact) mass is 245 g/mol. The van der Waals surface area contributed by atoms with Gasteiger partial charge in [-0.3, -0.25) is 0 Å². The number of benzene rings is 1. The Kier molecular flexibility index (Phi) is 3.97. The Morgan fingerprint density at radius 2 is 2.11 bits per heavy atom. The molecular weight excluding hydrogens is 226 g/mol. The number of aromatic nitrogens is 2. The summed E-state index contributed by atoms with van der Waals surface area (Å²) in [4.78, 5) is 4.28. The Bertz CT molecular complexity index is 507. The number of rotatable bonds is 5. The lowest BCUT2D eigenvalue weighted by molar-refractivity contribution is 0.425. The molecule has 0 bridgehead atoms. The molecule has 0 aliphatic rings. The van der Waals surface area contributed by atoms with Gasteiger partial charge >= 0.3 is 0 Å². The number of hydrogen-bond donors (Lipinski definition) is 1. The molecule has 18 heavy (non-hydrogen) atoms. The van der Waals surface area contributed by atoms with E-state index in [2.05, 4.69) is 29.3 Å². The van der Waals surface area contributed by atoms with Gasteiger partial charge in [-0.25, -0.2) is 0 Å². The number of nitrogens with zero attached hydrogens (tertiary/aromatic N) is 2. The molecular formula is C14H19N3O. The first-order valence-electron chi connectivity index (χ1n) is 6.37. The first-order chi connectivity index (χ1) is 8.70. The lowest BCUT2D eigenvalue weighted by atomic mass is 10.1. The molecule has 1 aromatic carbocycles. The van der Waals surface area contributed by atoms with Crippen molar-refractivity contribution in [3.8, 4) is 11.5 Å². The van der Waals surface area contributed by atoms with Crippen molar-refractivity contribution in [1.29, 1.82) is 0 Å². The molecule has 1 heterocycles. The second kappa shape index (κ2) is 5.67. The van der Waals surface area contributed by atoms with Crippen LogP contribution < -0.4 is 5.32 Å². The van der Waals surface area contributed by atoms with Gasteiger partial charge in [0, 0.05) is 11.7 Å². The van der Waals surface area contributed by atoms with E-state index in [9.17, 15) is 0 Å². The minimum absolute atomic E-state index is 0.431. The molecule has 0 spiro atoms. The average Bonchev–Trinajstić information content (AvgIpc) is 2.77. The average molecular weight is 245 g/mol. The van der Waals surface area contributed by atoms with E-state index in [0.29, 0.717) is 17.8 Å². The summed E-state index contributed by atoms with van der Waals surface area (Å²) < 4.78 is 5.23. The molecule has 4 nitrogen and oxygen atoms in total. The summed E-state index contributed by atoms with van der Waals surface area (Å²) in [6.45, 7) is 6.19. The molecule has 96 valence electrons. The van der Waals surface area contributed by atoms with Crippen molar-refractivity contribution >= 4 is 5.69 Å². The highest BCUT2D eigenvalue weighted by Crippen LogP contribution is 2.27. The maximum atomic E-state index is 5.23. The normalized spacial score (nSPS) is 12.4. The SMILES string of the molecule is CCCC(C)Nc1ccccc1-c1nc(C)no1. The van der Waals surface area contributed by atoms with Gasteiger partial charge in [0.05, 0.1) is 5.56 Å². The largest absolute Gasteiger partial charge is 0.382 e. The molecule has 0 amide bonds. The van der Waals surface area contributed by atoms with E-state index in [4.69, 9.17) is 4.52 Å².